The molecule has 0 aromatic carbocycles. The molecule has 7 unspecified atom stereocenters. The van der Waals surface area contributed by atoms with E-state index in [1.54, 1.807) is 0 Å². The molecule has 0 aromatic rings. The van der Waals surface area contributed by atoms with Gasteiger partial charge in [-0.15, -0.1) is 0 Å². The lowest BCUT2D eigenvalue weighted by Gasteiger charge is -2.45. The number of aliphatic hydroxyl groups is 9. The summed E-state index contributed by atoms with van der Waals surface area (Å²) in [5.41, 5.74) is 0. The highest BCUT2D eigenvalue weighted by Crippen LogP contribution is 2.29. The molecule has 1 aliphatic carbocycles. The van der Waals surface area contributed by atoms with Crippen LogP contribution in [0.3, 0.4) is 0 Å². The number of rotatable bonds is 3. The molecule has 2 rings (SSSR count). The summed E-state index contributed by atoms with van der Waals surface area (Å²) in [6, 6.07) is 0. The molecule has 2 aliphatic rings. The van der Waals surface area contributed by atoms with Gasteiger partial charge in [-0.25, -0.2) is 0 Å². The summed E-state index contributed by atoms with van der Waals surface area (Å²) in [5.74, 6) is 0. The topological polar surface area (TPSA) is 201 Å². The summed E-state index contributed by atoms with van der Waals surface area (Å²) in [6.07, 6.45) is -18.9. The third kappa shape index (κ3) is 3.36. The first-order valence-electron chi connectivity index (χ1n) is 7.07. The number of aliphatic hydroxyl groups excluding tert-OH is 9. The van der Waals surface area contributed by atoms with Crippen molar-refractivity contribution >= 4 is 0 Å². The molecule has 1 heterocycles. The molecule has 0 amide bonds. The number of ether oxygens (including phenoxy) is 2. The van der Waals surface area contributed by atoms with Crippen LogP contribution >= 0.6 is 0 Å². The van der Waals surface area contributed by atoms with Crippen LogP contribution in [0.2, 0.25) is 0 Å². The highest BCUT2D eigenvalue weighted by Gasteiger charge is 2.52. The summed E-state index contributed by atoms with van der Waals surface area (Å²) in [6.45, 7) is -0.704. The van der Waals surface area contributed by atoms with E-state index in [2.05, 4.69) is 0 Å². The van der Waals surface area contributed by atoms with Crippen LogP contribution in [-0.2, 0) is 9.47 Å². The third-order valence-electron chi connectivity index (χ3n) is 4.21. The molecule has 0 spiro atoms. The lowest BCUT2D eigenvalue weighted by molar-refractivity contribution is -0.339. The van der Waals surface area contributed by atoms with Crippen molar-refractivity contribution in [2.75, 3.05) is 6.61 Å². The normalized spacial score (nSPS) is 54.9. The average molecular weight is 342 g/mol. The molecule has 23 heavy (non-hydrogen) atoms. The summed E-state index contributed by atoms with van der Waals surface area (Å²) < 4.78 is 10.2. The molecule has 11 heteroatoms. The van der Waals surface area contributed by atoms with Gasteiger partial charge in [-0.2, -0.15) is 0 Å². The van der Waals surface area contributed by atoms with E-state index in [1.165, 1.54) is 0 Å². The number of hydrogen-bond acceptors (Lipinski definition) is 11. The Balaban J connectivity index is 2.13. The Morgan fingerprint density at radius 1 is 0.609 bits per heavy atom. The smallest absolute Gasteiger partial charge is 0.187 e. The van der Waals surface area contributed by atoms with Crippen LogP contribution in [0.1, 0.15) is 0 Å². The number of hydrogen-bond donors (Lipinski definition) is 9. The van der Waals surface area contributed by atoms with Crippen molar-refractivity contribution < 1.29 is 55.4 Å². The molecule has 0 bridgehead atoms. The zero-order valence-electron chi connectivity index (χ0n) is 11.9. The van der Waals surface area contributed by atoms with Crippen LogP contribution in [0.4, 0.5) is 0 Å². The second-order valence-corrected chi connectivity index (χ2v) is 5.75. The standard InChI is InChI=1S/C12H22O11/c13-1-2-3(14)4(15)10(21)12(22-2)23-11-8(19)6(17)5(16)7(18)9(11)20/h2-21H,1H2/t2?,3-,4?,5-,6?,7?,8?,9?,10?,11-,12+/m1/s1. The van der Waals surface area contributed by atoms with Crippen molar-refractivity contribution in [1.29, 1.82) is 0 Å². The van der Waals surface area contributed by atoms with Crippen molar-refractivity contribution in [2.45, 2.75) is 67.3 Å². The van der Waals surface area contributed by atoms with Gasteiger partial charge in [0.05, 0.1) is 6.61 Å². The van der Waals surface area contributed by atoms with Crippen molar-refractivity contribution in [3.05, 3.63) is 0 Å². The van der Waals surface area contributed by atoms with Gasteiger partial charge < -0.3 is 55.4 Å². The Hall–Kier alpha value is -0.440. The maximum absolute atomic E-state index is 9.85. The van der Waals surface area contributed by atoms with Crippen LogP contribution in [-0.4, -0.2) is 120 Å². The zero-order valence-corrected chi connectivity index (χ0v) is 11.9. The largest absolute Gasteiger partial charge is 0.394 e. The van der Waals surface area contributed by atoms with E-state index in [0.717, 1.165) is 0 Å². The summed E-state index contributed by atoms with van der Waals surface area (Å²) in [4.78, 5) is 0. The second kappa shape index (κ2) is 7.21. The van der Waals surface area contributed by atoms with Crippen molar-refractivity contribution in [3.8, 4) is 0 Å². The predicted octanol–water partition coefficient (Wildman–Crippen LogP) is -6.01. The molecule has 9 atom stereocenters. The Labute approximate surface area is 130 Å². The molecular formula is C12H22O11. The average Bonchev–Trinajstić information content (AvgIpc) is 2.54. The van der Waals surface area contributed by atoms with Crippen molar-refractivity contribution in [1.82, 2.24) is 0 Å². The highest BCUT2D eigenvalue weighted by atomic mass is 16.7. The molecule has 0 aromatic heterocycles. The molecule has 0 radical (unpaired) electrons. The van der Waals surface area contributed by atoms with Crippen molar-refractivity contribution in [2.24, 2.45) is 0 Å². The zero-order chi connectivity index (χ0) is 17.5. The Kier molecular flexibility index (Phi) is 5.92. The molecule has 1 saturated heterocycles. The van der Waals surface area contributed by atoms with Crippen molar-refractivity contribution in [3.63, 3.8) is 0 Å². The van der Waals surface area contributed by atoms with Gasteiger partial charge in [0.2, 0.25) is 0 Å². The van der Waals surface area contributed by atoms with Gasteiger partial charge in [-0.3, -0.25) is 0 Å². The Bertz CT molecular complexity index is 377. The van der Waals surface area contributed by atoms with Crippen LogP contribution < -0.4 is 0 Å². The minimum atomic E-state index is -1.83. The summed E-state index contributed by atoms with van der Waals surface area (Å²) in [5, 5.41) is 86.6. The summed E-state index contributed by atoms with van der Waals surface area (Å²) >= 11 is 0. The molecule has 2 fully saturated rings. The molecule has 136 valence electrons. The van der Waals surface area contributed by atoms with Gasteiger partial charge in [0, 0.05) is 0 Å². The van der Waals surface area contributed by atoms with Crippen LogP contribution in [0.15, 0.2) is 0 Å². The lowest BCUT2D eigenvalue weighted by Crippen LogP contribution is -2.67. The van der Waals surface area contributed by atoms with E-state index in [9.17, 15) is 40.9 Å². The van der Waals surface area contributed by atoms with Gasteiger partial charge in [0.25, 0.3) is 0 Å². The van der Waals surface area contributed by atoms with E-state index in [0.29, 0.717) is 0 Å². The third-order valence-corrected chi connectivity index (χ3v) is 4.21. The van der Waals surface area contributed by atoms with E-state index in [4.69, 9.17) is 14.6 Å². The van der Waals surface area contributed by atoms with Gasteiger partial charge in [0.1, 0.15) is 61.0 Å². The van der Waals surface area contributed by atoms with E-state index in [1.807, 2.05) is 0 Å². The van der Waals surface area contributed by atoms with E-state index < -0.39 is 73.9 Å². The fourth-order valence-electron chi connectivity index (χ4n) is 2.69. The maximum Gasteiger partial charge on any atom is 0.187 e. The SMILES string of the molecule is OCC1O[C@@H](O[C@H]2C(O)C(O)[C@H](O)C(O)C2O)C(O)C(O)[C@@H]1O. The molecular weight excluding hydrogens is 320 g/mol. The van der Waals surface area contributed by atoms with Gasteiger partial charge in [-0.1, -0.05) is 0 Å². The van der Waals surface area contributed by atoms with Crippen LogP contribution in [0.5, 0.6) is 0 Å². The summed E-state index contributed by atoms with van der Waals surface area (Å²) in [7, 11) is 0. The van der Waals surface area contributed by atoms with Crippen LogP contribution in [0.25, 0.3) is 0 Å². The predicted molar refractivity (Wildman–Crippen MR) is 68.7 cm³/mol. The fraction of sp³-hybridized carbons (Fsp3) is 1.00. The van der Waals surface area contributed by atoms with E-state index in [-0.39, 0.29) is 0 Å². The van der Waals surface area contributed by atoms with E-state index >= 15 is 0 Å². The Morgan fingerprint density at radius 3 is 1.52 bits per heavy atom. The Morgan fingerprint density at radius 2 is 1.04 bits per heavy atom. The van der Waals surface area contributed by atoms with Gasteiger partial charge >= 0.3 is 0 Å². The molecule has 1 saturated carbocycles. The first-order chi connectivity index (χ1) is 10.7. The monoisotopic (exact) mass is 342 g/mol. The molecule has 1 aliphatic heterocycles. The lowest BCUT2D eigenvalue weighted by atomic mass is 9.84. The maximum atomic E-state index is 9.85. The molecule has 11 nitrogen and oxygen atoms in total. The molecule has 9 N–H and O–H groups in total. The second-order valence-electron chi connectivity index (χ2n) is 5.75. The highest BCUT2D eigenvalue weighted by molar-refractivity contribution is 5.00. The minimum Gasteiger partial charge on any atom is -0.394 e. The van der Waals surface area contributed by atoms with Gasteiger partial charge in [0.15, 0.2) is 6.29 Å². The minimum absolute atomic E-state index is 0.704. The quantitative estimate of drug-likeness (QED) is 0.236. The van der Waals surface area contributed by atoms with Gasteiger partial charge in [-0.05, 0) is 0 Å². The fourth-order valence-corrected chi connectivity index (χ4v) is 2.69. The first-order valence-corrected chi connectivity index (χ1v) is 7.07. The van der Waals surface area contributed by atoms with Crippen LogP contribution in [0, 0.1) is 0 Å². The first kappa shape index (κ1) is 18.9.